The summed E-state index contributed by atoms with van der Waals surface area (Å²) in [7, 11) is -2.26. The van der Waals surface area contributed by atoms with E-state index in [9.17, 15) is 24.1 Å². The van der Waals surface area contributed by atoms with Crippen molar-refractivity contribution in [1.29, 1.82) is 1.28 Å². The molecule has 0 bridgehead atoms. The fourth-order valence-electron chi connectivity index (χ4n) is 2.88. The van der Waals surface area contributed by atoms with Crippen molar-refractivity contribution in [3.05, 3.63) is 63.0 Å². The zero-order chi connectivity index (χ0) is 22.4. The van der Waals surface area contributed by atoms with Crippen molar-refractivity contribution in [2.45, 2.75) is 24.9 Å². The minimum absolute atomic E-state index is 0.0572. The lowest BCUT2D eigenvalue weighted by Gasteiger charge is -2.13. The van der Waals surface area contributed by atoms with Gasteiger partial charge in [-0.25, -0.2) is 9.78 Å². The van der Waals surface area contributed by atoms with E-state index in [-0.39, 0.29) is 30.6 Å². The first-order chi connectivity index (χ1) is 14.8. The average Bonchev–Trinajstić information content (AvgIpc) is 3.35. The fraction of sp³-hybridized carbons (Fsp3) is 0.333. The van der Waals surface area contributed by atoms with Gasteiger partial charge in [0.05, 0.1) is 29.9 Å². The average molecular weight is 436 g/mol. The van der Waals surface area contributed by atoms with Gasteiger partial charge in [-0.05, 0) is 6.08 Å². The Kier molecular flexibility index (Phi) is 6.75. The van der Waals surface area contributed by atoms with Gasteiger partial charge in [0.1, 0.15) is 12.3 Å². The maximum atomic E-state index is 12.2. The van der Waals surface area contributed by atoms with E-state index < -0.39 is 38.1 Å². The zero-order valence-electron chi connectivity index (χ0n) is 16.7. The van der Waals surface area contributed by atoms with Crippen molar-refractivity contribution < 1.29 is 19.2 Å². The molecule has 0 radical (unpaired) electrons. The minimum Gasteiger partial charge on any atom is -0.390 e. The molecule has 0 aliphatic carbocycles. The Morgan fingerprint density at radius 3 is 3.07 bits per heavy atom. The summed E-state index contributed by atoms with van der Waals surface area (Å²) in [6.45, 7) is 0.141. The number of amides is 1. The number of H-pyrrole nitrogens is 2. The largest absolute Gasteiger partial charge is 0.390 e. The Labute approximate surface area is 173 Å². The van der Waals surface area contributed by atoms with Gasteiger partial charge in [-0.15, -0.1) is 0 Å². The fourth-order valence-corrected chi connectivity index (χ4v) is 3.36. The number of ether oxygens (including phenoxy) is 1. The number of rotatable bonds is 8. The van der Waals surface area contributed by atoms with E-state index in [0.29, 0.717) is 5.69 Å². The van der Waals surface area contributed by atoms with Crippen molar-refractivity contribution in [2.75, 3.05) is 12.7 Å². The SMILES string of the molecule is [3H][P+](=O)CC1OC(n2cc(C=CCNC(=O)C=Cc3cnc[nH]3)c(=O)[nH]c2=O)CC1O. The second-order valence-corrected chi connectivity index (χ2v) is 7.11. The van der Waals surface area contributed by atoms with Crippen molar-refractivity contribution in [3.8, 4) is 0 Å². The van der Waals surface area contributed by atoms with Crippen LogP contribution in [0.15, 0.2) is 40.5 Å². The normalized spacial score (nSPS) is 22.5. The molecule has 30 heavy (non-hydrogen) atoms. The molecule has 4 atom stereocenters. The molecule has 0 saturated carbocycles. The van der Waals surface area contributed by atoms with E-state index in [1.54, 1.807) is 18.3 Å². The molecule has 158 valence electrons. The van der Waals surface area contributed by atoms with Gasteiger partial charge in [-0.2, -0.15) is 0 Å². The Bertz CT molecular complexity index is 1110. The van der Waals surface area contributed by atoms with E-state index >= 15 is 0 Å². The number of carbonyl (C=O) groups is 1. The molecule has 1 saturated heterocycles. The van der Waals surface area contributed by atoms with Gasteiger partial charge in [-0.1, -0.05) is 16.7 Å². The van der Waals surface area contributed by atoms with Crippen LogP contribution >= 0.6 is 8.41 Å². The van der Waals surface area contributed by atoms with Crippen molar-refractivity contribution in [2.24, 2.45) is 0 Å². The van der Waals surface area contributed by atoms with Gasteiger partial charge in [0.15, 0.2) is 6.16 Å². The van der Waals surface area contributed by atoms with E-state index in [0.717, 1.165) is 4.57 Å². The smallest absolute Gasteiger partial charge is 0.388 e. The molecule has 4 N–H and O–H groups in total. The van der Waals surface area contributed by atoms with Crippen LogP contribution in [0.2, 0.25) is 0 Å². The topological polar surface area (TPSA) is 159 Å². The van der Waals surface area contributed by atoms with E-state index in [4.69, 9.17) is 6.02 Å². The van der Waals surface area contributed by atoms with Crippen LogP contribution < -0.4 is 16.6 Å². The lowest BCUT2D eigenvalue weighted by atomic mass is 10.2. The van der Waals surface area contributed by atoms with Crippen LogP contribution in [-0.2, 0) is 14.1 Å². The molecule has 0 aromatic carbocycles. The van der Waals surface area contributed by atoms with Crippen molar-refractivity contribution in [3.63, 3.8) is 0 Å². The number of nitrogens with zero attached hydrogens (tertiary/aromatic N) is 2. The maximum Gasteiger partial charge on any atom is 0.388 e. The summed E-state index contributed by atoms with van der Waals surface area (Å²) in [5.41, 5.74) is -0.509. The predicted molar refractivity (Wildman–Crippen MR) is 109 cm³/mol. The quantitative estimate of drug-likeness (QED) is 0.329. The molecule has 1 fully saturated rings. The van der Waals surface area contributed by atoms with Gasteiger partial charge < -0.3 is 20.1 Å². The van der Waals surface area contributed by atoms with Crippen molar-refractivity contribution >= 4 is 26.5 Å². The molecule has 3 heterocycles. The monoisotopic (exact) mass is 436 g/mol. The van der Waals surface area contributed by atoms with Crippen LogP contribution in [0.5, 0.6) is 0 Å². The highest BCUT2D eigenvalue weighted by atomic mass is 31.1. The first-order valence-corrected chi connectivity index (χ1v) is 10.1. The molecule has 3 rings (SSSR count). The summed E-state index contributed by atoms with van der Waals surface area (Å²) < 4.78 is 24.9. The molecule has 0 spiro atoms. The molecule has 2 aromatic heterocycles. The molecule has 4 unspecified atom stereocenters. The highest BCUT2D eigenvalue weighted by Crippen LogP contribution is 2.29. The van der Waals surface area contributed by atoms with Gasteiger partial charge in [0.25, 0.3) is 5.56 Å². The highest BCUT2D eigenvalue weighted by Gasteiger charge is 2.37. The Hall–Kier alpha value is -3.14. The third-order valence-corrected chi connectivity index (χ3v) is 4.90. The highest BCUT2D eigenvalue weighted by molar-refractivity contribution is 7.23. The number of aromatic nitrogens is 4. The van der Waals surface area contributed by atoms with Crippen LogP contribution in [0.25, 0.3) is 12.2 Å². The standard InChI is InChI=1S/C18H20N5O6P/c24-13-6-16(29-14(13)9-30-28)23-8-11(17(26)22-18(23)27)2-1-5-20-15(25)4-3-12-7-19-10-21-12/h1-4,7-8,10,13-14,16,24H,5-6,9H2,(H,19,21)(H,20,25)(H,22,26,27)/p+1/i/hT. The van der Waals surface area contributed by atoms with Crippen LogP contribution in [0, 0.1) is 0 Å². The number of imidazole rings is 1. The van der Waals surface area contributed by atoms with Crippen LogP contribution in [0.1, 0.15) is 23.9 Å². The predicted octanol–water partition coefficient (Wildman–Crippen LogP) is -0.225. The lowest BCUT2D eigenvalue weighted by Crippen LogP contribution is -2.33. The molecule has 2 aromatic rings. The van der Waals surface area contributed by atoms with E-state index in [1.807, 2.05) is 0 Å². The summed E-state index contributed by atoms with van der Waals surface area (Å²) in [6.07, 6.45) is 7.47. The number of hydrogen-bond acceptors (Lipinski definition) is 7. The molecule has 1 amide bonds. The number of aromatic amines is 2. The Morgan fingerprint density at radius 1 is 1.50 bits per heavy atom. The lowest BCUT2D eigenvalue weighted by molar-refractivity contribution is -0.116. The first kappa shape index (κ1) is 20.1. The maximum absolute atomic E-state index is 12.2. The summed E-state index contributed by atoms with van der Waals surface area (Å²) >= 11 is 0. The van der Waals surface area contributed by atoms with Gasteiger partial charge in [-0.3, -0.25) is 19.1 Å². The second-order valence-electron chi connectivity index (χ2n) is 6.48. The molecule has 1 aliphatic heterocycles. The third-order valence-electron chi connectivity index (χ3n) is 4.39. The number of aliphatic hydroxyl groups excluding tert-OH is 1. The summed E-state index contributed by atoms with van der Waals surface area (Å²) in [4.78, 5) is 44.8. The number of nitrogens with one attached hydrogen (secondary N) is 3. The summed E-state index contributed by atoms with van der Waals surface area (Å²) in [5.74, 6) is -0.342. The van der Waals surface area contributed by atoms with Gasteiger partial charge in [0.2, 0.25) is 5.91 Å². The van der Waals surface area contributed by atoms with Gasteiger partial charge >= 0.3 is 15.4 Å². The van der Waals surface area contributed by atoms with Crippen LogP contribution in [0.3, 0.4) is 0 Å². The summed E-state index contributed by atoms with van der Waals surface area (Å²) in [6, 6.07) is 0. The number of carbonyl (C=O) groups excluding carboxylic acids is 1. The molecule has 12 heteroatoms. The Balaban J connectivity index is 1.63. The molecular formula is C18H21N5O6P+. The summed E-state index contributed by atoms with van der Waals surface area (Å²) in [5, 5.41) is 12.6. The number of hydrogen-bond donors (Lipinski definition) is 4. The van der Waals surface area contributed by atoms with Crippen LogP contribution in [0.4, 0.5) is 0 Å². The first-order valence-electron chi connectivity index (χ1n) is 9.51. The number of aliphatic hydroxyl groups is 1. The van der Waals surface area contributed by atoms with E-state index in [1.165, 1.54) is 24.7 Å². The van der Waals surface area contributed by atoms with Gasteiger partial charge in [0, 0.05) is 25.2 Å². The Morgan fingerprint density at radius 2 is 2.33 bits per heavy atom. The minimum atomic E-state index is -2.26. The van der Waals surface area contributed by atoms with Crippen LogP contribution in [-0.4, -0.2) is 56.7 Å². The van der Waals surface area contributed by atoms with Crippen molar-refractivity contribution in [1.82, 2.24) is 24.8 Å². The van der Waals surface area contributed by atoms with E-state index in [2.05, 4.69) is 20.3 Å². The molecule has 11 nitrogen and oxygen atoms in total. The molecular weight excluding hydrogens is 413 g/mol. The molecule has 1 aliphatic rings. The second kappa shape index (κ2) is 10.1. The zero-order valence-corrected chi connectivity index (χ0v) is 16.6. The third kappa shape index (κ3) is 5.47.